The molecule has 0 radical (unpaired) electrons. The minimum Gasteiger partial charge on any atom is -0.496 e. The van der Waals surface area contributed by atoms with Crippen LogP contribution in [-0.2, 0) is 16.4 Å². The van der Waals surface area contributed by atoms with E-state index in [1.807, 2.05) is 13.0 Å². The Morgan fingerprint density at radius 3 is 2.72 bits per heavy atom. The third-order valence-corrected chi connectivity index (χ3v) is 6.45. The number of methoxy groups -OCH3 is 1. The average molecular weight is 423 g/mol. The second-order valence-electron chi connectivity index (χ2n) is 7.12. The number of carbonyl (C=O) groups is 1. The van der Waals surface area contributed by atoms with Crippen molar-refractivity contribution in [2.24, 2.45) is 0 Å². The topological polar surface area (TPSA) is 115 Å². The summed E-state index contributed by atoms with van der Waals surface area (Å²) in [5, 5.41) is 6.89. The Balaban J connectivity index is 1.51. The Bertz CT molecular complexity index is 965. The minimum atomic E-state index is -3.16. The van der Waals surface area contributed by atoms with E-state index in [1.54, 1.807) is 19.2 Å². The summed E-state index contributed by atoms with van der Waals surface area (Å²) in [6.07, 6.45) is 2.97. The van der Waals surface area contributed by atoms with Crippen LogP contribution in [0.15, 0.2) is 22.7 Å². The van der Waals surface area contributed by atoms with E-state index in [4.69, 9.17) is 9.26 Å². The molecule has 1 aromatic heterocycles. The van der Waals surface area contributed by atoms with Gasteiger partial charge in [0.1, 0.15) is 5.75 Å². The number of benzene rings is 1. The first-order valence-electron chi connectivity index (χ1n) is 9.49. The highest BCUT2D eigenvalue weighted by Crippen LogP contribution is 2.27. The second kappa shape index (κ2) is 8.91. The Kier molecular flexibility index (Phi) is 6.53. The van der Waals surface area contributed by atoms with Gasteiger partial charge in [-0.3, -0.25) is 4.79 Å². The van der Waals surface area contributed by atoms with Gasteiger partial charge in [0.15, 0.2) is 5.82 Å². The zero-order valence-electron chi connectivity index (χ0n) is 16.8. The number of hydrogen-bond acceptors (Lipinski definition) is 7. The lowest BCUT2D eigenvalue weighted by molar-refractivity contribution is 0.0952. The van der Waals surface area contributed by atoms with Gasteiger partial charge in [0.2, 0.25) is 15.9 Å². The summed E-state index contributed by atoms with van der Waals surface area (Å²) in [6, 6.07) is 5.34. The molecule has 1 aliphatic rings. The van der Waals surface area contributed by atoms with Crippen LogP contribution in [0, 0.1) is 6.92 Å². The largest absolute Gasteiger partial charge is 0.496 e. The van der Waals surface area contributed by atoms with Crippen molar-refractivity contribution < 1.29 is 22.5 Å². The molecule has 29 heavy (non-hydrogen) atoms. The smallest absolute Gasteiger partial charge is 0.251 e. The standard InChI is InChI=1S/C19H26N4O5S/c1-13-15(5-4-6-16(13)27-2)19(24)20-10-7-17-21-18(22-28-17)14-8-11-23(12-9-14)29(3,25)26/h4-6,14H,7-12H2,1-3H3,(H,20,24). The third-order valence-electron chi connectivity index (χ3n) is 5.14. The summed E-state index contributed by atoms with van der Waals surface area (Å²) in [5.41, 5.74) is 1.35. The van der Waals surface area contributed by atoms with Crippen molar-refractivity contribution in [3.63, 3.8) is 0 Å². The van der Waals surface area contributed by atoms with Gasteiger partial charge in [-0.2, -0.15) is 4.98 Å². The molecule has 0 aliphatic carbocycles. The average Bonchev–Trinajstić information content (AvgIpc) is 3.16. The Morgan fingerprint density at radius 2 is 2.07 bits per heavy atom. The first-order chi connectivity index (χ1) is 13.8. The number of rotatable bonds is 7. The molecule has 158 valence electrons. The van der Waals surface area contributed by atoms with Gasteiger partial charge < -0.3 is 14.6 Å². The number of nitrogens with one attached hydrogen (secondary N) is 1. The fourth-order valence-corrected chi connectivity index (χ4v) is 4.31. The summed E-state index contributed by atoms with van der Waals surface area (Å²) >= 11 is 0. The van der Waals surface area contributed by atoms with E-state index < -0.39 is 10.0 Å². The van der Waals surface area contributed by atoms with Crippen LogP contribution in [0.25, 0.3) is 0 Å². The number of piperidine rings is 1. The van der Waals surface area contributed by atoms with Crippen LogP contribution in [0.3, 0.4) is 0 Å². The van der Waals surface area contributed by atoms with Gasteiger partial charge in [0, 0.05) is 43.1 Å². The SMILES string of the molecule is COc1cccc(C(=O)NCCc2nc(C3CCN(S(C)(=O)=O)CC3)no2)c1C. The van der Waals surface area contributed by atoms with E-state index in [0.717, 1.165) is 5.56 Å². The van der Waals surface area contributed by atoms with Crippen molar-refractivity contribution in [3.8, 4) is 5.75 Å². The van der Waals surface area contributed by atoms with Gasteiger partial charge in [-0.05, 0) is 31.9 Å². The van der Waals surface area contributed by atoms with Gasteiger partial charge in [-0.15, -0.1) is 0 Å². The second-order valence-corrected chi connectivity index (χ2v) is 9.10. The van der Waals surface area contributed by atoms with Gasteiger partial charge in [-0.25, -0.2) is 12.7 Å². The molecular formula is C19H26N4O5S. The monoisotopic (exact) mass is 422 g/mol. The molecule has 2 heterocycles. The number of amides is 1. The van der Waals surface area contributed by atoms with Gasteiger partial charge in [0.25, 0.3) is 5.91 Å². The molecule has 9 nitrogen and oxygen atoms in total. The van der Waals surface area contributed by atoms with E-state index in [9.17, 15) is 13.2 Å². The summed E-state index contributed by atoms with van der Waals surface area (Å²) in [4.78, 5) is 16.8. The summed E-state index contributed by atoms with van der Waals surface area (Å²) in [5.74, 6) is 1.62. The number of sulfonamides is 1. The van der Waals surface area contributed by atoms with E-state index in [-0.39, 0.29) is 11.8 Å². The summed E-state index contributed by atoms with van der Waals surface area (Å²) < 4.78 is 35.2. The predicted molar refractivity (Wildman–Crippen MR) is 106 cm³/mol. The van der Waals surface area contributed by atoms with Crippen LogP contribution in [0.1, 0.15) is 46.4 Å². The fraction of sp³-hybridized carbons (Fsp3) is 0.526. The molecule has 0 bridgehead atoms. The van der Waals surface area contributed by atoms with Crippen molar-refractivity contribution in [2.75, 3.05) is 33.0 Å². The highest BCUT2D eigenvalue weighted by molar-refractivity contribution is 7.88. The number of nitrogens with zero attached hydrogens (tertiary/aromatic N) is 3. The molecule has 3 rings (SSSR count). The highest BCUT2D eigenvalue weighted by atomic mass is 32.2. The Labute approximate surface area is 170 Å². The molecule has 1 fully saturated rings. The molecule has 1 saturated heterocycles. The van der Waals surface area contributed by atoms with E-state index in [1.165, 1.54) is 10.6 Å². The van der Waals surface area contributed by atoms with Crippen molar-refractivity contribution in [3.05, 3.63) is 41.0 Å². The van der Waals surface area contributed by atoms with E-state index in [0.29, 0.717) is 61.9 Å². The van der Waals surface area contributed by atoms with E-state index >= 15 is 0 Å². The third kappa shape index (κ3) is 5.13. The quantitative estimate of drug-likeness (QED) is 0.719. The molecule has 1 N–H and O–H groups in total. The molecule has 1 amide bonds. The number of ether oxygens (including phenoxy) is 1. The summed E-state index contributed by atoms with van der Waals surface area (Å²) in [7, 11) is -1.58. The summed E-state index contributed by atoms with van der Waals surface area (Å²) in [6.45, 7) is 3.13. The van der Waals surface area contributed by atoms with Crippen LogP contribution >= 0.6 is 0 Å². The molecule has 0 atom stereocenters. The molecular weight excluding hydrogens is 396 g/mol. The molecule has 1 aromatic carbocycles. The van der Waals surface area contributed by atoms with E-state index in [2.05, 4.69) is 15.5 Å². The van der Waals surface area contributed by atoms with Crippen molar-refractivity contribution in [1.29, 1.82) is 0 Å². The van der Waals surface area contributed by atoms with Crippen molar-refractivity contribution in [1.82, 2.24) is 19.8 Å². The number of aromatic nitrogens is 2. The molecule has 0 saturated carbocycles. The van der Waals surface area contributed by atoms with Crippen LogP contribution in [-0.4, -0.2) is 61.8 Å². The van der Waals surface area contributed by atoms with Crippen LogP contribution < -0.4 is 10.1 Å². The molecule has 0 unspecified atom stereocenters. The van der Waals surface area contributed by atoms with Crippen LogP contribution in [0.5, 0.6) is 5.75 Å². The molecule has 10 heteroatoms. The van der Waals surface area contributed by atoms with Crippen LogP contribution in [0.2, 0.25) is 0 Å². The Hall–Kier alpha value is -2.46. The molecule has 0 spiro atoms. The lowest BCUT2D eigenvalue weighted by Crippen LogP contribution is -2.37. The maximum atomic E-state index is 12.4. The Morgan fingerprint density at radius 1 is 1.34 bits per heavy atom. The highest BCUT2D eigenvalue weighted by Gasteiger charge is 2.28. The first-order valence-corrected chi connectivity index (χ1v) is 11.3. The van der Waals surface area contributed by atoms with Gasteiger partial charge in [-0.1, -0.05) is 11.2 Å². The van der Waals surface area contributed by atoms with Crippen LogP contribution in [0.4, 0.5) is 0 Å². The minimum absolute atomic E-state index is 0.0829. The normalized spacial score (nSPS) is 16.0. The van der Waals surface area contributed by atoms with Crippen molar-refractivity contribution in [2.45, 2.75) is 32.1 Å². The maximum absolute atomic E-state index is 12.4. The van der Waals surface area contributed by atoms with Crippen molar-refractivity contribution >= 4 is 15.9 Å². The number of hydrogen-bond donors (Lipinski definition) is 1. The zero-order valence-corrected chi connectivity index (χ0v) is 17.7. The van der Waals surface area contributed by atoms with Gasteiger partial charge >= 0.3 is 0 Å². The first kappa shape index (κ1) is 21.3. The lowest BCUT2D eigenvalue weighted by Gasteiger charge is -2.28. The predicted octanol–water partition coefficient (Wildman–Crippen LogP) is 1.50. The molecule has 2 aromatic rings. The maximum Gasteiger partial charge on any atom is 0.251 e. The fourth-order valence-electron chi connectivity index (χ4n) is 3.44. The number of carbonyl (C=O) groups excluding carboxylic acids is 1. The zero-order chi connectivity index (χ0) is 21.0. The lowest BCUT2D eigenvalue weighted by atomic mass is 9.97. The van der Waals surface area contributed by atoms with Gasteiger partial charge in [0.05, 0.1) is 13.4 Å². The molecule has 1 aliphatic heterocycles.